The second-order valence-corrected chi connectivity index (χ2v) is 5.11. The van der Waals surface area contributed by atoms with Crippen LogP contribution < -0.4 is 5.73 Å². The van der Waals surface area contributed by atoms with Gasteiger partial charge in [0.1, 0.15) is 6.61 Å². The SMILES string of the molecule is CC1C(CN)CCCN1C(=O)OCc1ccccc1.Cl. The zero-order chi connectivity index (χ0) is 13.7. The molecule has 1 saturated heterocycles. The molecule has 2 unspecified atom stereocenters. The zero-order valence-electron chi connectivity index (χ0n) is 11.8. The van der Waals surface area contributed by atoms with E-state index in [4.69, 9.17) is 10.5 Å². The van der Waals surface area contributed by atoms with E-state index in [9.17, 15) is 4.79 Å². The Hall–Kier alpha value is -1.26. The van der Waals surface area contributed by atoms with Gasteiger partial charge in [-0.05, 0) is 37.8 Å². The molecule has 2 atom stereocenters. The molecule has 1 aliphatic heterocycles. The molecule has 1 aromatic rings. The minimum absolute atomic E-state index is 0. The number of nitrogens with zero attached hydrogens (tertiary/aromatic N) is 1. The van der Waals surface area contributed by atoms with E-state index in [-0.39, 0.29) is 24.5 Å². The number of hydrogen-bond acceptors (Lipinski definition) is 3. The summed E-state index contributed by atoms with van der Waals surface area (Å²) in [7, 11) is 0. The van der Waals surface area contributed by atoms with E-state index in [0.29, 0.717) is 19.1 Å². The standard InChI is InChI=1S/C15H22N2O2.ClH/c1-12-14(10-16)8-5-9-17(12)15(18)19-11-13-6-3-2-4-7-13;/h2-4,6-7,12,14H,5,8-11,16H2,1H3;1H. The lowest BCUT2D eigenvalue weighted by atomic mass is 9.91. The van der Waals surface area contributed by atoms with Crippen LogP contribution in [0.25, 0.3) is 0 Å². The number of benzene rings is 1. The maximum Gasteiger partial charge on any atom is 0.410 e. The van der Waals surface area contributed by atoms with Crippen LogP contribution in [0.1, 0.15) is 25.3 Å². The predicted octanol–water partition coefficient (Wildman–Crippen LogP) is 2.80. The third kappa shape index (κ3) is 4.12. The third-order valence-corrected chi connectivity index (χ3v) is 3.89. The van der Waals surface area contributed by atoms with Gasteiger partial charge in [0.25, 0.3) is 0 Å². The number of halogens is 1. The van der Waals surface area contributed by atoms with E-state index < -0.39 is 0 Å². The smallest absolute Gasteiger partial charge is 0.410 e. The van der Waals surface area contributed by atoms with Crippen molar-refractivity contribution in [2.75, 3.05) is 13.1 Å². The summed E-state index contributed by atoms with van der Waals surface area (Å²) in [6, 6.07) is 9.91. The average Bonchev–Trinajstić information content (AvgIpc) is 2.46. The predicted molar refractivity (Wildman–Crippen MR) is 81.8 cm³/mol. The van der Waals surface area contributed by atoms with Crippen LogP contribution in [0.4, 0.5) is 4.79 Å². The van der Waals surface area contributed by atoms with Crippen LogP contribution in [0.2, 0.25) is 0 Å². The molecule has 2 rings (SSSR count). The molecule has 2 N–H and O–H groups in total. The minimum atomic E-state index is -0.227. The van der Waals surface area contributed by atoms with E-state index in [0.717, 1.165) is 24.9 Å². The van der Waals surface area contributed by atoms with Crippen LogP contribution in [0.15, 0.2) is 30.3 Å². The van der Waals surface area contributed by atoms with Crippen LogP contribution in [0.5, 0.6) is 0 Å². The monoisotopic (exact) mass is 298 g/mol. The normalized spacial score (nSPS) is 22.0. The Morgan fingerprint density at radius 3 is 2.75 bits per heavy atom. The lowest BCUT2D eigenvalue weighted by Crippen LogP contribution is -2.48. The van der Waals surface area contributed by atoms with Crippen molar-refractivity contribution in [2.45, 2.75) is 32.4 Å². The quantitative estimate of drug-likeness (QED) is 0.933. The molecule has 20 heavy (non-hydrogen) atoms. The summed E-state index contributed by atoms with van der Waals surface area (Å²) >= 11 is 0. The molecular weight excluding hydrogens is 276 g/mol. The second-order valence-electron chi connectivity index (χ2n) is 5.11. The molecule has 0 radical (unpaired) electrons. The van der Waals surface area contributed by atoms with Gasteiger partial charge >= 0.3 is 6.09 Å². The van der Waals surface area contributed by atoms with Crippen LogP contribution in [0.3, 0.4) is 0 Å². The van der Waals surface area contributed by atoms with Crippen LogP contribution >= 0.6 is 12.4 Å². The molecule has 0 aromatic heterocycles. The molecule has 0 aliphatic carbocycles. The highest BCUT2D eigenvalue weighted by molar-refractivity contribution is 5.85. The maximum atomic E-state index is 12.1. The lowest BCUT2D eigenvalue weighted by Gasteiger charge is -2.38. The molecule has 112 valence electrons. The summed E-state index contributed by atoms with van der Waals surface area (Å²) in [5.74, 6) is 0.387. The van der Waals surface area contributed by atoms with Gasteiger partial charge in [-0.1, -0.05) is 30.3 Å². The maximum absolute atomic E-state index is 12.1. The van der Waals surface area contributed by atoms with Crippen LogP contribution in [0, 0.1) is 5.92 Å². The Bertz CT molecular complexity index is 414. The van der Waals surface area contributed by atoms with Gasteiger partial charge in [-0.15, -0.1) is 12.4 Å². The van der Waals surface area contributed by atoms with Gasteiger partial charge in [-0.25, -0.2) is 4.79 Å². The topological polar surface area (TPSA) is 55.6 Å². The first-order valence-electron chi connectivity index (χ1n) is 6.89. The number of ether oxygens (including phenoxy) is 1. The first-order valence-corrected chi connectivity index (χ1v) is 6.89. The summed E-state index contributed by atoms with van der Waals surface area (Å²) in [6.07, 6.45) is 1.88. The molecule has 1 aliphatic rings. The number of hydrogen-bond donors (Lipinski definition) is 1. The second kappa shape index (κ2) is 8.12. The molecule has 4 nitrogen and oxygen atoms in total. The van der Waals surface area contributed by atoms with Crippen molar-refractivity contribution in [2.24, 2.45) is 11.7 Å². The Morgan fingerprint density at radius 1 is 1.40 bits per heavy atom. The van der Waals surface area contributed by atoms with Crippen molar-refractivity contribution >= 4 is 18.5 Å². The van der Waals surface area contributed by atoms with E-state index in [1.165, 1.54) is 0 Å². The van der Waals surface area contributed by atoms with Crippen molar-refractivity contribution in [3.8, 4) is 0 Å². The molecule has 0 spiro atoms. The van der Waals surface area contributed by atoms with E-state index in [1.807, 2.05) is 35.2 Å². The molecule has 1 aromatic carbocycles. The number of carbonyl (C=O) groups is 1. The minimum Gasteiger partial charge on any atom is -0.445 e. The van der Waals surface area contributed by atoms with E-state index >= 15 is 0 Å². The highest BCUT2D eigenvalue weighted by atomic mass is 35.5. The van der Waals surface area contributed by atoms with Crippen molar-refractivity contribution < 1.29 is 9.53 Å². The summed E-state index contributed by atoms with van der Waals surface area (Å²) in [6.45, 7) is 3.78. The number of amides is 1. The highest BCUT2D eigenvalue weighted by Crippen LogP contribution is 2.23. The fourth-order valence-corrected chi connectivity index (χ4v) is 2.60. The molecule has 0 bridgehead atoms. The van der Waals surface area contributed by atoms with Gasteiger partial charge in [-0.2, -0.15) is 0 Å². The largest absolute Gasteiger partial charge is 0.445 e. The van der Waals surface area contributed by atoms with Gasteiger partial charge in [0.05, 0.1) is 0 Å². The number of nitrogens with two attached hydrogens (primary N) is 1. The van der Waals surface area contributed by atoms with Crippen LogP contribution in [-0.4, -0.2) is 30.1 Å². The Morgan fingerprint density at radius 2 is 2.10 bits per heavy atom. The molecule has 1 heterocycles. The summed E-state index contributed by atoms with van der Waals surface area (Å²) < 4.78 is 5.38. The zero-order valence-corrected chi connectivity index (χ0v) is 12.6. The first-order chi connectivity index (χ1) is 9.22. The number of carbonyl (C=O) groups excluding carboxylic acids is 1. The molecule has 0 saturated carbocycles. The summed E-state index contributed by atoms with van der Waals surface area (Å²) in [5, 5.41) is 0. The van der Waals surface area contributed by atoms with Gasteiger partial charge in [0.2, 0.25) is 0 Å². The Balaban J connectivity index is 0.00000200. The summed E-state index contributed by atoms with van der Waals surface area (Å²) in [5.41, 5.74) is 6.75. The fourth-order valence-electron chi connectivity index (χ4n) is 2.60. The molecule has 5 heteroatoms. The Labute approximate surface area is 126 Å². The van der Waals surface area contributed by atoms with E-state index in [2.05, 4.69) is 6.92 Å². The highest BCUT2D eigenvalue weighted by Gasteiger charge is 2.31. The van der Waals surface area contributed by atoms with Crippen molar-refractivity contribution in [1.29, 1.82) is 0 Å². The van der Waals surface area contributed by atoms with Gasteiger partial charge in [0.15, 0.2) is 0 Å². The molecule has 1 amide bonds. The van der Waals surface area contributed by atoms with E-state index in [1.54, 1.807) is 0 Å². The number of rotatable bonds is 3. The van der Waals surface area contributed by atoms with Crippen molar-refractivity contribution in [3.63, 3.8) is 0 Å². The summed E-state index contributed by atoms with van der Waals surface area (Å²) in [4.78, 5) is 13.9. The average molecular weight is 299 g/mol. The number of likely N-dealkylation sites (tertiary alicyclic amines) is 1. The van der Waals surface area contributed by atoms with Crippen molar-refractivity contribution in [3.05, 3.63) is 35.9 Å². The van der Waals surface area contributed by atoms with Crippen LogP contribution in [-0.2, 0) is 11.3 Å². The molecular formula is C15H23ClN2O2. The van der Waals surface area contributed by atoms with Gasteiger partial charge < -0.3 is 15.4 Å². The Kier molecular flexibility index (Phi) is 6.82. The van der Waals surface area contributed by atoms with Crippen molar-refractivity contribution in [1.82, 2.24) is 4.90 Å². The first kappa shape index (κ1) is 16.8. The third-order valence-electron chi connectivity index (χ3n) is 3.89. The van der Waals surface area contributed by atoms with Gasteiger partial charge in [0, 0.05) is 12.6 Å². The molecule has 1 fully saturated rings. The fraction of sp³-hybridized carbons (Fsp3) is 0.533. The van der Waals surface area contributed by atoms with Gasteiger partial charge in [-0.3, -0.25) is 0 Å². The lowest BCUT2D eigenvalue weighted by molar-refractivity contribution is 0.0557. The number of piperidine rings is 1.